The number of benzene rings is 1. The van der Waals surface area contributed by atoms with Crippen LogP contribution in [0.5, 0.6) is 0 Å². The third-order valence-electron chi connectivity index (χ3n) is 2.61. The number of para-hydroxylation sites is 1. The van der Waals surface area contributed by atoms with Gasteiger partial charge in [-0.05, 0) is 31.0 Å². The SMILES string of the molecule is Br.Cc1cccc(C)c1NC(=O)Cn1cccn1. The molecule has 0 saturated heterocycles. The van der Waals surface area contributed by atoms with Crippen LogP contribution >= 0.6 is 17.0 Å². The number of aromatic nitrogens is 2. The highest BCUT2D eigenvalue weighted by molar-refractivity contribution is 8.93. The Morgan fingerprint density at radius 2 is 1.94 bits per heavy atom. The lowest BCUT2D eigenvalue weighted by molar-refractivity contribution is -0.116. The molecular formula is C13H16BrN3O. The Morgan fingerprint density at radius 3 is 2.50 bits per heavy atom. The minimum absolute atomic E-state index is 0. The molecule has 0 spiro atoms. The van der Waals surface area contributed by atoms with Gasteiger partial charge in [-0.2, -0.15) is 5.10 Å². The van der Waals surface area contributed by atoms with Crippen LogP contribution in [0.3, 0.4) is 0 Å². The Kier molecular flexibility index (Phi) is 5.09. The predicted octanol–water partition coefficient (Wildman–Crippen LogP) is 2.72. The first-order valence-electron chi connectivity index (χ1n) is 5.50. The summed E-state index contributed by atoms with van der Waals surface area (Å²) in [5.41, 5.74) is 3.03. The highest BCUT2D eigenvalue weighted by Crippen LogP contribution is 2.19. The van der Waals surface area contributed by atoms with Crippen LogP contribution in [0.4, 0.5) is 5.69 Å². The number of rotatable bonds is 3. The highest BCUT2D eigenvalue weighted by atomic mass is 79.9. The lowest BCUT2D eigenvalue weighted by Gasteiger charge is -2.11. The zero-order valence-corrected chi connectivity index (χ0v) is 12.1. The molecule has 4 nitrogen and oxygen atoms in total. The molecule has 0 saturated carbocycles. The van der Waals surface area contributed by atoms with Crippen LogP contribution < -0.4 is 5.32 Å². The van der Waals surface area contributed by atoms with Gasteiger partial charge in [0.2, 0.25) is 5.91 Å². The third kappa shape index (κ3) is 3.43. The van der Waals surface area contributed by atoms with E-state index in [9.17, 15) is 4.79 Å². The van der Waals surface area contributed by atoms with Crippen LogP contribution in [0.15, 0.2) is 36.7 Å². The van der Waals surface area contributed by atoms with Crippen LogP contribution in [0, 0.1) is 13.8 Å². The minimum Gasteiger partial charge on any atom is -0.324 e. The molecule has 0 aliphatic carbocycles. The number of nitrogens with zero attached hydrogens (tertiary/aromatic N) is 2. The minimum atomic E-state index is -0.0638. The van der Waals surface area contributed by atoms with Crippen molar-refractivity contribution in [3.63, 3.8) is 0 Å². The average molecular weight is 310 g/mol. The van der Waals surface area contributed by atoms with Crippen molar-refractivity contribution in [1.29, 1.82) is 0 Å². The van der Waals surface area contributed by atoms with Crippen LogP contribution in [0.2, 0.25) is 0 Å². The number of amides is 1. The summed E-state index contributed by atoms with van der Waals surface area (Å²) in [5, 5.41) is 6.92. The topological polar surface area (TPSA) is 46.9 Å². The zero-order chi connectivity index (χ0) is 12.3. The molecule has 0 unspecified atom stereocenters. The smallest absolute Gasteiger partial charge is 0.246 e. The number of carbonyl (C=O) groups excluding carboxylic acids is 1. The number of anilines is 1. The molecule has 1 aromatic carbocycles. The number of nitrogens with one attached hydrogen (secondary N) is 1. The molecule has 96 valence electrons. The van der Waals surface area contributed by atoms with Crippen molar-refractivity contribution in [3.8, 4) is 0 Å². The first-order valence-corrected chi connectivity index (χ1v) is 5.50. The van der Waals surface area contributed by atoms with Gasteiger partial charge in [-0.1, -0.05) is 18.2 Å². The fraction of sp³-hybridized carbons (Fsp3) is 0.231. The summed E-state index contributed by atoms with van der Waals surface area (Å²) in [6, 6.07) is 7.74. The lowest BCUT2D eigenvalue weighted by Crippen LogP contribution is -2.20. The molecular weight excluding hydrogens is 294 g/mol. The molecule has 1 N–H and O–H groups in total. The molecule has 0 fully saturated rings. The summed E-state index contributed by atoms with van der Waals surface area (Å²) in [5.74, 6) is -0.0638. The quantitative estimate of drug-likeness (QED) is 0.947. The number of carbonyl (C=O) groups is 1. The van der Waals surface area contributed by atoms with Gasteiger partial charge in [-0.25, -0.2) is 0 Å². The van der Waals surface area contributed by atoms with Gasteiger partial charge < -0.3 is 5.32 Å². The maximum absolute atomic E-state index is 11.8. The fourth-order valence-electron chi connectivity index (χ4n) is 1.73. The molecule has 0 atom stereocenters. The Hall–Kier alpha value is -1.62. The van der Waals surface area contributed by atoms with E-state index in [4.69, 9.17) is 0 Å². The summed E-state index contributed by atoms with van der Waals surface area (Å²) in [4.78, 5) is 11.8. The van der Waals surface area contributed by atoms with E-state index in [-0.39, 0.29) is 29.4 Å². The second kappa shape index (κ2) is 6.35. The van der Waals surface area contributed by atoms with E-state index >= 15 is 0 Å². The van der Waals surface area contributed by atoms with Gasteiger partial charge in [0, 0.05) is 18.1 Å². The Labute approximate surface area is 117 Å². The van der Waals surface area contributed by atoms with Crippen molar-refractivity contribution in [2.45, 2.75) is 20.4 Å². The molecule has 0 radical (unpaired) electrons. The van der Waals surface area contributed by atoms with Gasteiger partial charge >= 0.3 is 0 Å². The van der Waals surface area contributed by atoms with Crippen LogP contribution in [0.25, 0.3) is 0 Å². The predicted molar refractivity (Wildman–Crippen MR) is 77.1 cm³/mol. The van der Waals surface area contributed by atoms with Crippen LogP contribution in [-0.2, 0) is 11.3 Å². The van der Waals surface area contributed by atoms with E-state index in [1.54, 1.807) is 23.1 Å². The summed E-state index contributed by atoms with van der Waals surface area (Å²) in [6.45, 7) is 4.20. The summed E-state index contributed by atoms with van der Waals surface area (Å²) >= 11 is 0. The second-order valence-corrected chi connectivity index (χ2v) is 4.02. The number of hydrogen-bond acceptors (Lipinski definition) is 2. The maximum Gasteiger partial charge on any atom is 0.246 e. The normalized spacial score (nSPS) is 9.67. The van der Waals surface area contributed by atoms with Crippen molar-refractivity contribution < 1.29 is 4.79 Å². The monoisotopic (exact) mass is 309 g/mol. The van der Waals surface area contributed by atoms with E-state index in [1.807, 2.05) is 32.0 Å². The molecule has 1 aromatic heterocycles. The first-order chi connectivity index (χ1) is 8.16. The van der Waals surface area contributed by atoms with E-state index in [2.05, 4.69) is 10.4 Å². The van der Waals surface area contributed by atoms with E-state index in [0.717, 1.165) is 16.8 Å². The molecule has 5 heteroatoms. The average Bonchev–Trinajstić information content (AvgIpc) is 2.76. The van der Waals surface area contributed by atoms with E-state index < -0.39 is 0 Å². The van der Waals surface area contributed by atoms with Gasteiger partial charge in [-0.3, -0.25) is 9.48 Å². The van der Waals surface area contributed by atoms with Crippen molar-refractivity contribution >= 4 is 28.6 Å². The van der Waals surface area contributed by atoms with Gasteiger partial charge in [0.1, 0.15) is 6.54 Å². The molecule has 1 heterocycles. The lowest BCUT2D eigenvalue weighted by atomic mass is 10.1. The van der Waals surface area contributed by atoms with E-state index in [1.165, 1.54) is 0 Å². The third-order valence-corrected chi connectivity index (χ3v) is 2.61. The molecule has 0 aliphatic rings. The van der Waals surface area contributed by atoms with Gasteiger partial charge in [0.05, 0.1) is 0 Å². The Bertz CT molecular complexity index is 503. The fourth-order valence-corrected chi connectivity index (χ4v) is 1.73. The number of aryl methyl sites for hydroxylation is 2. The molecule has 0 aliphatic heterocycles. The molecule has 1 amide bonds. The maximum atomic E-state index is 11.8. The zero-order valence-electron chi connectivity index (χ0n) is 10.4. The second-order valence-electron chi connectivity index (χ2n) is 4.02. The Morgan fingerprint density at radius 1 is 1.28 bits per heavy atom. The first kappa shape index (κ1) is 14.4. The highest BCUT2D eigenvalue weighted by Gasteiger charge is 2.07. The van der Waals surface area contributed by atoms with Crippen molar-refractivity contribution in [2.24, 2.45) is 0 Å². The van der Waals surface area contributed by atoms with Gasteiger partial charge in [0.25, 0.3) is 0 Å². The van der Waals surface area contributed by atoms with E-state index in [0.29, 0.717) is 0 Å². The van der Waals surface area contributed by atoms with Crippen LogP contribution in [-0.4, -0.2) is 15.7 Å². The summed E-state index contributed by atoms with van der Waals surface area (Å²) < 4.78 is 1.60. The van der Waals surface area contributed by atoms with Crippen molar-refractivity contribution in [2.75, 3.05) is 5.32 Å². The largest absolute Gasteiger partial charge is 0.324 e. The summed E-state index contributed by atoms with van der Waals surface area (Å²) in [6.07, 6.45) is 3.43. The van der Waals surface area contributed by atoms with Gasteiger partial charge in [-0.15, -0.1) is 17.0 Å². The Balaban J connectivity index is 0.00000162. The van der Waals surface area contributed by atoms with Crippen LogP contribution in [0.1, 0.15) is 11.1 Å². The molecule has 2 aromatic rings. The molecule has 0 bridgehead atoms. The summed E-state index contributed by atoms with van der Waals surface area (Å²) in [7, 11) is 0. The standard InChI is InChI=1S/C13H15N3O.BrH/c1-10-5-3-6-11(2)13(10)15-12(17)9-16-8-4-7-14-16;/h3-8H,9H2,1-2H3,(H,15,17);1H. The van der Waals surface area contributed by atoms with Gasteiger partial charge in [0.15, 0.2) is 0 Å². The molecule has 2 rings (SSSR count). The molecule has 18 heavy (non-hydrogen) atoms. The number of halogens is 1. The van der Waals surface area contributed by atoms with Crippen molar-refractivity contribution in [1.82, 2.24) is 9.78 Å². The van der Waals surface area contributed by atoms with Crippen molar-refractivity contribution in [3.05, 3.63) is 47.8 Å². The number of hydrogen-bond donors (Lipinski definition) is 1.